The number of nitrogens with zero attached hydrogens (tertiary/aromatic N) is 2. The SMILES string of the molecule is Cc1noc(C)c1-c1cc(C(N)=O)c2c(c1)c1ccc(CS(=O)O)cc1n2S(=O)(=O)C1CC1. The highest BCUT2D eigenvalue weighted by Crippen LogP contribution is 2.41. The third-order valence-electron chi connectivity index (χ3n) is 5.96. The third-order valence-corrected chi connectivity index (χ3v) is 8.74. The number of carbonyl (C=O) groups excluding carboxylic acids is 1. The standard InChI is InChI=1S/C22H21N3O6S2/c1-11-20(12(2)31-24-11)14-8-17-16-6-3-13(10-32(27)28)7-19(16)25(33(29,30)15-4-5-15)21(17)18(9-14)22(23)26/h3,6-9,15H,4-5,10H2,1-2H3,(H2,23,26)(H,27,28). The van der Waals surface area contributed by atoms with E-state index < -0.39 is 32.3 Å². The molecule has 4 aromatic rings. The summed E-state index contributed by atoms with van der Waals surface area (Å²) in [5.74, 6) is -0.349. The number of rotatable bonds is 6. The fourth-order valence-electron chi connectivity index (χ4n) is 4.39. The molecule has 2 aromatic carbocycles. The van der Waals surface area contributed by atoms with Crippen molar-refractivity contribution in [1.82, 2.24) is 9.13 Å². The lowest BCUT2D eigenvalue weighted by Crippen LogP contribution is -2.20. The molecule has 172 valence electrons. The van der Waals surface area contributed by atoms with Gasteiger partial charge in [0.25, 0.3) is 5.91 Å². The van der Waals surface area contributed by atoms with Crippen LogP contribution in [-0.2, 0) is 26.9 Å². The van der Waals surface area contributed by atoms with Gasteiger partial charge in [0.15, 0.2) is 11.1 Å². The molecule has 1 aliphatic carbocycles. The van der Waals surface area contributed by atoms with E-state index in [0.29, 0.717) is 57.3 Å². The molecule has 5 rings (SSSR count). The number of primary amides is 1. The molecule has 0 saturated heterocycles. The minimum Gasteiger partial charge on any atom is -0.366 e. The first-order chi connectivity index (χ1) is 15.6. The molecule has 9 nitrogen and oxygen atoms in total. The number of hydrogen-bond donors (Lipinski definition) is 2. The van der Waals surface area contributed by atoms with Gasteiger partial charge in [-0.1, -0.05) is 17.3 Å². The van der Waals surface area contributed by atoms with Gasteiger partial charge in [-0.25, -0.2) is 16.6 Å². The maximum atomic E-state index is 13.5. The molecule has 0 radical (unpaired) electrons. The summed E-state index contributed by atoms with van der Waals surface area (Å²) in [5.41, 5.74) is 8.84. The average Bonchev–Trinajstić information content (AvgIpc) is 3.48. The van der Waals surface area contributed by atoms with Gasteiger partial charge in [0.1, 0.15) is 5.76 Å². The molecule has 1 fully saturated rings. The molecule has 0 bridgehead atoms. The van der Waals surface area contributed by atoms with Crippen LogP contribution in [0.4, 0.5) is 0 Å². The molecular formula is C22H21N3O6S2. The molecule has 1 atom stereocenters. The Morgan fingerprint density at radius 3 is 2.55 bits per heavy atom. The molecule has 11 heteroatoms. The van der Waals surface area contributed by atoms with Gasteiger partial charge in [-0.3, -0.25) is 4.79 Å². The van der Waals surface area contributed by atoms with Crippen LogP contribution in [0.15, 0.2) is 34.9 Å². The summed E-state index contributed by atoms with van der Waals surface area (Å²) >= 11 is -2.09. The first-order valence-corrected chi connectivity index (χ1v) is 13.0. The minimum absolute atomic E-state index is 0.0650. The molecular weight excluding hydrogens is 466 g/mol. The zero-order valence-electron chi connectivity index (χ0n) is 17.9. The number of carbonyl (C=O) groups is 1. The predicted molar refractivity (Wildman–Crippen MR) is 125 cm³/mol. The highest BCUT2D eigenvalue weighted by atomic mass is 32.2. The summed E-state index contributed by atoms with van der Waals surface area (Å²) in [4.78, 5) is 12.6. The first kappa shape index (κ1) is 21.8. The van der Waals surface area contributed by atoms with Crippen LogP contribution in [0, 0.1) is 13.8 Å². The molecule has 1 amide bonds. The fraction of sp³-hybridized carbons (Fsp3) is 0.273. The summed E-state index contributed by atoms with van der Waals surface area (Å²) in [6.07, 6.45) is 1.07. The summed E-state index contributed by atoms with van der Waals surface area (Å²) in [6, 6.07) is 8.35. The van der Waals surface area contributed by atoms with Crippen LogP contribution in [0.5, 0.6) is 0 Å². The van der Waals surface area contributed by atoms with E-state index in [1.54, 1.807) is 44.2 Å². The monoisotopic (exact) mass is 487 g/mol. The Morgan fingerprint density at radius 2 is 1.97 bits per heavy atom. The number of hydrogen-bond acceptors (Lipinski definition) is 6. The van der Waals surface area contributed by atoms with E-state index in [9.17, 15) is 22.0 Å². The normalized spacial score (nSPS) is 15.4. The van der Waals surface area contributed by atoms with Gasteiger partial charge in [0, 0.05) is 16.3 Å². The maximum Gasteiger partial charge on any atom is 0.250 e. The molecule has 3 N–H and O–H groups in total. The van der Waals surface area contributed by atoms with E-state index in [1.165, 1.54) is 3.97 Å². The molecule has 0 spiro atoms. The topological polar surface area (TPSA) is 145 Å². The summed E-state index contributed by atoms with van der Waals surface area (Å²) < 4.78 is 54.2. The van der Waals surface area contributed by atoms with Gasteiger partial charge in [-0.15, -0.1) is 0 Å². The Labute approximate surface area is 191 Å². The quantitative estimate of drug-likeness (QED) is 0.397. The van der Waals surface area contributed by atoms with Crippen LogP contribution in [0.2, 0.25) is 0 Å². The summed E-state index contributed by atoms with van der Waals surface area (Å²) in [7, 11) is -3.82. The van der Waals surface area contributed by atoms with Crippen molar-refractivity contribution < 1.29 is 26.5 Å². The fourth-order valence-corrected chi connectivity index (χ4v) is 6.76. The van der Waals surface area contributed by atoms with Crippen LogP contribution >= 0.6 is 0 Å². The van der Waals surface area contributed by atoms with Gasteiger partial charge in [0.2, 0.25) is 10.0 Å². The van der Waals surface area contributed by atoms with Crippen molar-refractivity contribution in [1.29, 1.82) is 0 Å². The van der Waals surface area contributed by atoms with Crippen molar-refractivity contribution in [2.24, 2.45) is 5.73 Å². The van der Waals surface area contributed by atoms with Gasteiger partial charge < -0.3 is 14.8 Å². The lowest BCUT2D eigenvalue weighted by Gasteiger charge is -2.12. The Kier molecular flexibility index (Phi) is 4.96. The lowest BCUT2D eigenvalue weighted by atomic mass is 9.98. The molecule has 1 aliphatic rings. The number of aryl methyl sites for hydroxylation is 2. The van der Waals surface area contributed by atoms with Crippen LogP contribution in [0.25, 0.3) is 32.9 Å². The summed E-state index contributed by atoms with van der Waals surface area (Å²) in [6.45, 7) is 3.54. The lowest BCUT2D eigenvalue weighted by molar-refractivity contribution is 0.100. The van der Waals surface area contributed by atoms with E-state index in [2.05, 4.69) is 5.16 Å². The van der Waals surface area contributed by atoms with E-state index in [4.69, 9.17) is 10.3 Å². The van der Waals surface area contributed by atoms with Crippen LogP contribution in [0.1, 0.15) is 40.2 Å². The van der Waals surface area contributed by atoms with Crippen molar-refractivity contribution in [3.8, 4) is 11.1 Å². The number of benzene rings is 2. The molecule has 2 aromatic heterocycles. The van der Waals surface area contributed by atoms with Crippen LogP contribution in [0.3, 0.4) is 0 Å². The van der Waals surface area contributed by atoms with Gasteiger partial charge in [-0.2, -0.15) is 0 Å². The number of aromatic nitrogens is 2. The minimum atomic E-state index is -3.82. The predicted octanol–water partition coefficient (Wildman–Crippen LogP) is 3.23. The number of nitrogens with two attached hydrogens (primary N) is 1. The molecule has 33 heavy (non-hydrogen) atoms. The second-order valence-corrected chi connectivity index (χ2v) is 11.3. The largest absolute Gasteiger partial charge is 0.366 e. The molecule has 2 heterocycles. The Bertz CT molecular complexity index is 1580. The van der Waals surface area contributed by atoms with E-state index in [0.717, 1.165) is 0 Å². The van der Waals surface area contributed by atoms with E-state index in [1.807, 2.05) is 0 Å². The molecule has 1 unspecified atom stereocenters. The number of amides is 1. The van der Waals surface area contributed by atoms with Crippen molar-refractivity contribution in [2.45, 2.75) is 37.7 Å². The Morgan fingerprint density at radius 1 is 1.24 bits per heavy atom. The van der Waals surface area contributed by atoms with Crippen molar-refractivity contribution >= 4 is 48.8 Å². The van der Waals surface area contributed by atoms with Crippen LogP contribution < -0.4 is 5.73 Å². The zero-order chi connectivity index (χ0) is 23.7. The van der Waals surface area contributed by atoms with Gasteiger partial charge >= 0.3 is 0 Å². The second-order valence-electron chi connectivity index (χ2n) is 8.31. The van der Waals surface area contributed by atoms with Crippen LogP contribution in [-0.4, -0.2) is 37.5 Å². The average molecular weight is 488 g/mol. The Balaban J connectivity index is 1.95. The zero-order valence-corrected chi connectivity index (χ0v) is 19.5. The smallest absolute Gasteiger partial charge is 0.250 e. The maximum absolute atomic E-state index is 13.5. The molecule has 1 saturated carbocycles. The Hall–Kier alpha value is -3.02. The van der Waals surface area contributed by atoms with Gasteiger partial charge in [-0.05, 0) is 56.0 Å². The number of fused-ring (bicyclic) bond motifs is 3. The highest BCUT2D eigenvalue weighted by molar-refractivity contribution is 7.91. The van der Waals surface area contributed by atoms with Crippen molar-refractivity contribution in [3.05, 3.63) is 52.9 Å². The van der Waals surface area contributed by atoms with Crippen molar-refractivity contribution in [3.63, 3.8) is 0 Å². The molecule has 0 aliphatic heterocycles. The third kappa shape index (κ3) is 3.47. The highest BCUT2D eigenvalue weighted by Gasteiger charge is 2.39. The van der Waals surface area contributed by atoms with Gasteiger partial charge in [0.05, 0.1) is 33.3 Å². The second kappa shape index (κ2) is 7.51. The summed E-state index contributed by atoms with van der Waals surface area (Å²) in [5, 5.41) is 4.57. The van der Waals surface area contributed by atoms with E-state index >= 15 is 0 Å². The first-order valence-electron chi connectivity index (χ1n) is 10.3. The van der Waals surface area contributed by atoms with Crippen molar-refractivity contribution in [2.75, 3.05) is 0 Å². The van der Waals surface area contributed by atoms with E-state index in [-0.39, 0.29) is 16.8 Å².